The van der Waals surface area contributed by atoms with Crippen LogP contribution in [-0.4, -0.2) is 68.0 Å². The maximum absolute atomic E-state index is 12.4. The largest absolute Gasteiger partial charge is 0.381 e. The normalized spacial score (nSPS) is 17.1. The Hall–Kier alpha value is -0.880. The molecule has 1 fully saturated rings. The minimum atomic E-state index is -3.22. The molecule has 10 heteroatoms. The number of hydrogen-bond acceptors (Lipinski definition) is 5. The summed E-state index contributed by atoms with van der Waals surface area (Å²) in [6.07, 6.45) is 3.19. The number of sulfone groups is 1. The zero-order valence-electron chi connectivity index (χ0n) is 17.3. The van der Waals surface area contributed by atoms with Gasteiger partial charge in [-0.3, -0.25) is 9.67 Å². The number of aliphatic imine (C=N–C) groups is 1. The van der Waals surface area contributed by atoms with Crippen LogP contribution in [0.2, 0.25) is 0 Å². The van der Waals surface area contributed by atoms with Crippen LogP contribution < -0.4 is 10.6 Å². The Morgan fingerprint density at radius 2 is 2.00 bits per heavy atom. The molecule has 0 radical (unpaired) electrons. The number of guanidine groups is 1. The predicted molar refractivity (Wildman–Crippen MR) is 123 cm³/mol. The molecule has 0 aliphatic carbocycles. The van der Waals surface area contributed by atoms with Gasteiger partial charge in [-0.15, -0.1) is 24.0 Å². The number of halogens is 1. The first kappa shape index (κ1) is 25.2. The second-order valence-corrected chi connectivity index (χ2v) is 9.60. The van der Waals surface area contributed by atoms with Crippen molar-refractivity contribution in [3.63, 3.8) is 0 Å². The van der Waals surface area contributed by atoms with E-state index in [1.54, 1.807) is 0 Å². The molecule has 0 unspecified atom stereocenters. The molecule has 1 saturated heterocycles. The SMILES string of the molecule is CCNC(=NCC1(S(C)(=O)=O)CCOCC1)NCCCn1nc(C)cc1C.I. The van der Waals surface area contributed by atoms with Crippen molar-refractivity contribution in [3.8, 4) is 0 Å². The highest BCUT2D eigenvalue weighted by Crippen LogP contribution is 2.29. The van der Waals surface area contributed by atoms with Gasteiger partial charge in [0.05, 0.1) is 17.0 Å². The van der Waals surface area contributed by atoms with Crippen molar-refractivity contribution in [1.82, 2.24) is 20.4 Å². The van der Waals surface area contributed by atoms with Crippen molar-refractivity contribution in [3.05, 3.63) is 17.5 Å². The molecular formula is C18H34IN5O3S. The van der Waals surface area contributed by atoms with Gasteiger partial charge >= 0.3 is 0 Å². The number of aromatic nitrogens is 2. The van der Waals surface area contributed by atoms with Gasteiger partial charge in [-0.2, -0.15) is 5.10 Å². The summed E-state index contributed by atoms with van der Waals surface area (Å²) in [6, 6.07) is 2.07. The van der Waals surface area contributed by atoms with Crippen LogP contribution in [0.3, 0.4) is 0 Å². The summed E-state index contributed by atoms with van der Waals surface area (Å²) in [5.74, 6) is 0.653. The summed E-state index contributed by atoms with van der Waals surface area (Å²) in [4.78, 5) is 4.58. The topological polar surface area (TPSA) is 97.6 Å². The molecule has 0 spiro atoms. The molecule has 2 rings (SSSR count). The lowest BCUT2D eigenvalue weighted by Crippen LogP contribution is -2.47. The molecule has 1 aliphatic rings. The maximum Gasteiger partial charge on any atom is 0.191 e. The standard InChI is InChI=1S/C18H33N5O3S.HI/c1-5-19-17(20-9-6-10-23-16(3)13-15(2)22-23)21-14-18(27(4,24)25)7-11-26-12-8-18;/h13H,5-12,14H2,1-4H3,(H2,19,20,21);1H. The summed E-state index contributed by atoms with van der Waals surface area (Å²) in [6.45, 7) is 9.51. The van der Waals surface area contributed by atoms with E-state index in [0.717, 1.165) is 37.4 Å². The smallest absolute Gasteiger partial charge is 0.191 e. The lowest BCUT2D eigenvalue weighted by atomic mass is 9.99. The van der Waals surface area contributed by atoms with E-state index in [-0.39, 0.29) is 30.5 Å². The molecule has 2 heterocycles. The van der Waals surface area contributed by atoms with Gasteiger partial charge in [0.15, 0.2) is 15.8 Å². The van der Waals surface area contributed by atoms with Gasteiger partial charge < -0.3 is 15.4 Å². The number of hydrogen-bond donors (Lipinski definition) is 2. The van der Waals surface area contributed by atoms with E-state index in [4.69, 9.17) is 4.74 Å². The molecule has 0 amide bonds. The van der Waals surface area contributed by atoms with Crippen LogP contribution >= 0.6 is 24.0 Å². The second kappa shape index (κ2) is 11.3. The van der Waals surface area contributed by atoms with Crippen LogP contribution in [0.4, 0.5) is 0 Å². The van der Waals surface area contributed by atoms with E-state index in [0.29, 0.717) is 32.0 Å². The van der Waals surface area contributed by atoms with Gasteiger partial charge in [0.1, 0.15) is 0 Å². The van der Waals surface area contributed by atoms with Crippen molar-refractivity contribution >= 4 is 39.8 Å². The third-order valence-corrected chi connectivity index (χ3v) is 7.11. The van der Waals surface area contributed by atoms with Gasteiger partial charge in [0, 0.05) is 44.8 Å². The Morgan fingerprint density at radius 3 is 2.54 bits per heavy atom. The number of nitrogens with zero attached hydrogens (tertiary/aromatic N) is 3. The average Bonchev–Trinajstić information content (AvgIpc) is 2.93. The molecule has 1 aliphatic heterocycles. The fourth-order valence-corrected chi connectivity index (χ4v) is 4.50. The fourth-order valence-electron chi connectivity index (χ4n) is 3.29. The molecule has 28 heavy (non-hydrogen) atoms. The van der Waals surface area contributed by atoms with Crippen molar-refractivity contribution in [2.45, 2.75) is 51.3 Å². The zero-order valence-corrected chi connectivity index (χ0v) is 20.5. The van der Waals surface area contributed by atoms with Gasteiger partial charge in [-0.25, -0.2) is 8.42 Å². The number of rotatable bonds is 8. The third kappa shape index (κ3) is 6.87. The third-order valence-electron chi connectivity index (χ3n) is 5.00. The first-order valence-corrected chi connectivity index (χ1v) is 11.5. The van der Waals surface area contributed by atoms with E-state index < -0.39 is 14.6 Å². The van der Waals surface area contributed by atoms with E-state index in [1.165, 1.54) is 6.26 Å². The molecular weight excluding hydrogens is 493 g/mol. The van der Waals surface area contributed by atoms with E-state index in [1.807, 2.05) is 18.5 Å². The van der Waals surface area contributed by atoms with Gasteiger partial charge in [-0.05, 0) is 46.1 Å². The summed E-state index contributed by atoms with van der Waals surface area (Å²) in [7, 11) is -3.22. The summed E-state index contributed by atoms with van der Waals surface area (Å²) in [5.41, 5.74) is 2.18. The maximum atomic E-state index is 12.4. The second-order valence-electron chi connectivity index (χ2n) is 7.19. The Morgan fingerprint density at radius 1 is 1.32 bits per heavy atom. The predicted octanol–water partition coefficient (Wildman–Crippen LogP) is 1.66. The molecule has 0 saturated carbocycles. The molecule has 2 N–H and O–H groups in total. The van der Waals surface area contributed by atoms with Crippen LogP contribution in [0, 0.1) is 13.8 Å². The lowest BCUT2D eigenvalue weighted by Gasteiger charge is -2.34. The van der Waals surface area contributed by atoms with E-state index in [2.05, 4.69) is 33.7 Å². The van der Waals surface area contributed by atoms with Crippen molar-refractivity contribution in [2.24, 2.45) is 4.99 Å². The molecule has 0 aromatic carbocycles. The zero-order chi connectivity index (χ0) is 19.9. The summed E-state index contributed by atoms with van der Waals surface area (Å²) < 4.78 is 31.2. The highest BCUT2D eigenvalue weighted by Gasteiger charge is 2.42. The van der Waals surface area contributed by atoms with Crippen molar-refractivity contribution in [1.29, 1.82) is 0 Å². The van der Waals surface area contributed by atoms with Crippen LogP contribution in [0.5, 0.6) is 0 Å². The Balaban J connectivity index is 0.00000392. The summed E-state index contributed by atoms with van der Waals surface area (Å²) >= 11 is 0. The molecule has 1 aromatic heterocycles. The number of ether oxygens (including phenoxy) is 1. The average molecular weight is 527 g/mol. The highest BCUT2D eigenvalue weighted by molar-refractivity contribution is 14.0. The summed E-state index contributed by atoms with van der Waals surface area (Å²) in [5, 5.41) is 11.0. The van der Waals surface area contributed by atoms with Gasteiger partial charge in [-0.1, -0.05) is 0 Å². The van der Waals surface area contributed by atoms with Crippen LogP contribution in [0.25, 0.3) is 0 Å². The Kier molecular flexibility index (Phi) is 10.2. The fraction of sp³-hybridized carbons (Fsp3) is 0.778. The Bertz CT molecular complexity index is 742. The number of aryl methyl sites for hydroxylation is 3. The first-order chi connectivity index (χ1) is 12.8. The first-order valence-electron chi connectivity index (χ1n) is 9.58. The van der Waals surface area contributed by atoms with Crippen LogP contribution in [0.1, 0.15) is 37.6 Å². The minimum Gasteiger partial charge on any atom is -0.381 e. The van der Waals surface area contributed by atoms with Crippen molar-refractivity contribution < 1.29 is 13.2 Å². The van der Waals surface area contributed by atoms with Crippen LogP contribution in [0.15, 0.2) is 11.1 Å². The Labute approximate surface area is 185 Å². The van der Waals surface area contributed by atoms with Crippen molar-refractivity contribution in [2.75, 3.05) is 39.1 Å². The van der Waals surface area contributed by atoms with E-state index >= 15 is 0 Å². The quantitative estimate of drug-likeness (QED) is 0.231. The lowest BCUT2D eigenvalue weighted by molar-refractivity contribution is 0.0768. The highest BCUT2D eigenvalue weighted by atomic mass is 127. The molecule has 0 atom stereocenters. The van der Waals surface area contributed by atoms with Gasteiger partial charge in [0.25, 0.3) is 0 Å². The monoisotopic (exact) mass is 527 g/mol. The minimum absolute atomic E-state index is 0. The van der Waals surface area contributed by atoms with Crippen LogP contribution in [-0.2, 0) is 21.1 Å². The molecule has 8 nitrogen and oxygen atoms in total. The molecule has 0 bridgehead atoms. The van der Waals surface area contributed by atoms with E-state index in [9.17, 15) is 8.42 Å². The molecule has 162 valence electrons. The van der Waals surface area contributed by atoms with Gasteiger partial charge in [0.2, 0.25) is 0 Å². The molecule has 1 aromatic rings. The number of nitrogens with one attached hydrogen (secondary N) is 2.